The molecule has 5 atom stereocenters. The lowest BCUT2D eigenvalue weighted by Gasteiger charge is -2.56. The third-order valence-electron chi connectivity index (χ3n) is 7.67. The smallest absolute Gasteiger partial charge is 0.155 e. The van der Waals surface area contributed by atoms with E-state index in [-0.39, 0.29) is 10.8 Å². The lowest BCUT2D eigenvalue weighted by molar-refractivity contribution is -0.132. The highest BCUT2D eigenvalue weighted by atomic mass is 32.1. The van der Waals surface area contributed by atoms with E-state index in [9.17, 15) is 9.59 Å². The third kappa shape index (κ3) is 3.26. The lowest BCUT2D eigenvalue weighted by atomic mass is 9.47. The van der Waals surface area contributed by atoms with Crippen LogP contribution in [0.3, 0.4) is 0 Å². The Bertz CT molecular complexity index is 552. The van der Waals surface area contributed by atoms with Crippen molar-refractivity contribution in [2.24, 2.45) is 28.6 Å². The summed E-state index contributed by atoms with van der Waals surface area (Å²) < 4.78 is 0. The van der Waals surface area contributed by atoms with E-state index in [2.05, 4.69) is 26.5 Å². The largest absolute Gasteiger partial charge is 0.299 e. The Morgan fingerprint density at radius 1 is 0.880 bits per heavy atom. The van der Waals surface area contributed by atoms with Crippen LogP contribution in [0, 0.1) is 28.6 Å². The molecule has 2 nitrogen and oxygen atoms in total. The predicted molar refractivity (Wildman–Crippen MR) is 108 cm³/mol. The normalized spacial score (nSPS) is 41.8. The van der Waals surface area contributed by atoms with E-state index in [0.29, 0.717) is 29.3 Å². The van der Waals surface area contributed by atoms with E-state index in [4.69, 9.17) is 0 Å². The van der Waals surface area contributed by atoms with Crippen LogP contribution in [0.4, 0.5) is 0 Å². The molecule has 0 N–H and O–H groups in total. The summed E-state index contributed by atoms with van der Waals surface area (Å²) in [5, 5.41) is 0. The molecule has 4 rings (SSSR count). The van der Waals surface area contributed by atoms with Crippen molar-refractivity contribution in [3.63, 3.8) is 0 Å². The number of hydrogen-bond acceptors (Lipinski definition) is 3. The van der Waals surface area contributed by atoms with Crippen LogP contribution in [0.5, 0.6) is 0 Å². The number of fused-ring (bicyclic) bond motifs is 5. The molecular weight excluding hydrogens is 328 g/mol. The van der Waals surface area contributed by atoms with Gasteiger partial charge in [-0.05, 0) is 74.0 Å². The van der Waals surface area contributed by atoms with Crippen LogP contribution in [0.25, 0.3) is 0 Å². The molecule has 0 aromatic heterocycles. The number of thiol groups is 1. The molecule has 4 aliphatic rings. The van der Waals surface area contributed by atoms with Gasteiger partial charge in [-0.15, -0.1) is 0 Å². The van der Waals surface area contributed by atoms with Gasteiger partial charge in [-0.1, -0.05) is 33.3 Å². The topological polar surface area (TPSA) is 34.1 Å². The van der Waals surface area contributed by atoms with Crippen molar-refractivity contribution >= 4 is 24.2 Å². The summed E-state index contributed by atoms with van der Waals surface area (Å²) in [6.07, 6.45) is 11.9. The fraction of sp³-hybridized carbons (Fsp3) is 0.818. The van der Waals surface area contributed by atoms with Crippen molar-refractivity contribution in [3.8, 4) is 0 Å². The van der Waals surface area contributed by atoms with Crippen molar-refractivity contribution in [1.82, 2.24) is 0 Å². The van der Waals surface area contributed by atoms with Crippen molar-refractivity contribution in [1.29, 1.82) is 0 Å². The van der Waals surface area contributed by atoms with Crippen LogP contribution in [-0.2, 0) is 9.59 Å². The highest BCUT2D eigenvalue weighted by Gasteiger charge is 2.58. The highest BCUT2D eigenvalue weighted by Crippen LogP contribution is 2.64. The SMILES string of the molecule is CC.CC12CCC(=O)C=C1CCC1C2CC[C@]2(C)C(=O)CCC12.CS. The van der Waals surface area contributed by atoms with E-state index >= 15 is 0 Å². The van der Waals surface area contributed by atoms with E-state index < -0.39 is 0 Å². The molecule has 4 aliphatic carbocycles. The highest BCUT2D eigenvalue weighted by molar-refractivity contribution is 7.79. The molecule has 0 bridgehead atoms. The summed E-state index contributed by atoms with van der Waals surface area (Å²) in [4.78, 5) is 24.1. The minimum atomic E-state index is -0.0246. The number of carbonyl (C=O) groups excluding carboxylic acids is 2. The molecule has 3 heteroatoms. The number of allylic oxidation sites excluding steroid dienone is 1. The molecule has 0 amide bonds. The Balaban J connectivity index is 0.000000528. The summed E-state index contributed by atoms with van der Waals surface area (Å²) in [5.41, 5.74) is 1.64. The number of rotatable bonds is 0. The van der Waals surface area contributed by atoms with Gasteiger partial charge in [-0.2, -0.15) is 12.6 Å². The van der Waals surface area contributed by atoms with Crippen LogP contribution in [0.1, 0.15) is 79.1 Å². The molecule has 4 unspecified atom stereocenters. The van der Waals surface area contributed by atoms with Gasteiger partial charge in [0.25, 0.3) is 0 Å². The fourth-order valence-corrected chi connectivity index (χ4v) is 6.33. The van der Waals surface area contributed by atoms with E-state index in [1.54, 1.807) is 6.26 Å². The number of ketones is 2. The maximum atomic E-state index is 12.4. The summed E-state index contributed by atoms with van der Waals surface area (Å²) in [5.74, 6) is 2.88. The number of Topliss-reactive ketones (excluding diaryl/α,β-unsaturated/α-hetero) is 1. The summed E-state index contributed by atoms with van der Waals surface area (Å²) in [6, 6.07) is 0. The summed E-state index contributed by atoms with van der Waals surface area (Å²) in [6.45, 7) is 8.64. The number of carbonyl (C=O) groups is 2. The molecule has 0 aromatic carbocycles. The fourth-order valence-electron chi connectivity index (χ4n) is 6.33. The minimum Gasteiger partial charge on any atom is -0.299 e. The number of hydrogen-bond donors (Lipinski definition) is 1. The first-order chi connectivity index (χ1) is 11.9. The minimum absolute atomic E-state index is 0.0246. The second-order valence-electron chi connectivity index (χ2n) is 8.39. The van der Waals surface area contributed by atoms with Crippen LogP contribution in [-0.4, -0.2) is 17.8 Å². The predicted octanol–water partition coefficient (Wildman–Crippen LogP) is 5.66. The molecule has 0 aromatic rings. The van der Waals surface area contributed by atoms with Gasteiger partial charge in [0.1, 0.15) is 5.78 Å². The van der Waals surface area contributed by atoms with E-state index in [1.165, 1.54) is 18.4 Å². The second-order valence-corrected chi connectivity index (χ2v) is 8.39. The quantitative estimate of drug-likeness (QED) is 0.563. The zero-order valence-corrected chi connectivity index (χ0v) is 17.6. The third-order valence-corrected chi connectivity index (χ3v) is 7.67. The molecule has 3 fully saturated rings. The Hall–Kier alpha value is -0.570. The maximum absolute atomic E-state index is 12.4. The van der Waals surface area contributed by atoms with Crippen LogP contribution in [0.2, 0.25) is 0 Å². The lowest BCUT2D eigenvalue weighted by Crippen LogP contribution is -2.50. The molecule has 142 valence electrons. The molecule has 0 saturated heterocycles. The molecule has 0 heterocycles. The Labute approximate surface area is 159 Å². The molecule has 0 spiro atoms. The Morgan fingerprint density at radius 3 is 2.20 bits per heavy atom. The van der Waals surface area contributed by atoms with Gasteiger partial charge >= 0.3 is 0 Å². The molecule has 0 aliphatic heterocycles. The second kappa shape index (κ2) is 7.98. The zero-order valence-electron chi connectivity index (χ0n) is 16.7. The van der Waals surface area contributed by atoms with E-state index in [1.807, 2.05) is 19.9 Å². The van der Waals surface area contributed by atoms with Crippen molar-refractivity contribution in [2.45, 2.75) is 79.1 Å². The molecule has 0 radical (unpaired) electrons. The van der Waals surface area contributed by atoms with Gasteiger partial charge in [-0.25, -0.2) is 0 Å². The van der Waals surface area contributed by atoms with Gasteiger partial charge < -0.3 is 0 Å². The molecule has 25 heavy (non-hydrogen) atoms. The average Bonchev–Trinajstić information content (AvgIpc) is 2.94. The monoisotopic (exact) mass is 364 g/mol. The first-order valence-electron chi connectivity index (χ1n) is 10.2. The van der Waals surface area contributed by atoms with Gasteiger partial charge in [0.05, 0.1) is 0 Å². The first kappa shape index (κ1) is 20.7. The Kier molecular flexibility index (Phi) is 6.62. The standard InChI is InChI=1S/C19H26O2.C2H6.CH4S/c1-18-9-7-13(20)11-12(18)3-4-14-15-5-6-17(21)19(15,2)10-8-16(14)18;2*1-2/h11,14-16H,3-10H2,1-2H3;1-2H3;2H,1H3/t14?,15?,16?,18?,19-;;/m0../s1. The summed E-state index contributed by atoms with van der Waals surface area (Å²) >= 11 is 3.53. The summed E-state index contributed by atoms with van der Waals surface area (Å²) in [7, 11) is 0. The van der Waals surface area contributed by atoms with Gasteiger partial charge in [0.15, 0.2) is 5.78 Å². The van der Waals surface area contributed by atoms with E-state index in [0.717, 1.165) is 38.5 Å². The Morgan fingerprint density at radius 2 is 1.52 bits per heavy atom. The molecule has 3 saturated carbocycles. The van der Waals surface area contributed by atoms with Crippen LogP contribution in [0.15, 0.2) is 11.6 Å². The van der Waals surface area contributed by atoms with Crippen molar-refractivity contribution < 1.29 is 9.59 Å². The van der Waals surface area contributed by atoms with Crippen molar-refractivity contribution in [3.05, 3.63) is 11.6 Å². The zero-order chi connectivity index (χ0) is 18.8. The molecular formula is C22H36O2S. The van der Waals surface area contributed by atoms with Crippen molar-refractivity contribution in [2.75, 3.05) is 6.26 Å². The van der Waals surface area contributed by atoms with Gasteiger partial charge in [0.2, 0.25) is 0 Å². The average molecular weight is 365 g/mol. The van der Waals surface area contributed by atoms with Gasteiger partial charge in [0, 0.05) is 18.3 Å². The maximum Gasteiger partial charge on any atom is 0.155 e. The van der Waals surface area contributed by atoms with Gasteiger partial charge in [-0.3, -0.25) is 9.59 Å². The first-order valence-corrected chi connectivity index (χ1v) is 11.1. The van der Waals surface area contributed by atoms with Crippen LogP contribution < -0.4 is 0 Å². The van der Waals surface area contributed by atoms with Crippen LogP contribution >= 0.6 is 12.6 Å².